The van der Waals surface area contributed by atoms with E-state index in [1.807, 2.05) is 34.0 Å². The van der Waals surface area contributed by atoms with Gasteiger partial charge in [-0.2, -0.15) is 10.1 Å². The predicted molar refractivity (Wildman–Crippen MR) is 146 cm³/mol. The zero-order valence-corrected chi connectivity index (χ0v) is 22.7. The number of rotatable bonds is 6. The van der Waals surface area contributed by atoms with E-state index in [-0.39, 0.29) is 18.0 Å². The first-order valence-corrected chi connectivity index (χ1v) is 13.2. The molecular weight excluding hydrogens is 520 g/mol. The number of pyridine rings is 1. The molecule has 4 heterocycles. The third-order valence-corrected chi connectivity index (χ3v) is 7.70. The van der Waals surface area contributed by atoms with Crippen LogP contribution in [0.25, 0.3) is 21.9 Å². The summed E-state index contributed by atoms with van der Waals surface area (Å²) in [6.45, 7) is 10.7. The molecule has 1 fully saturated rings. The van der Waals surface area contributed by atoms with E-state index < -0.39 is 0 Å². The number of hydrogen-bond donors (Lipinski definition) is 1. The lowest BCUT2D eigenvalue weighted by molar-refractivity contribution is -0.129. The lowest BCUT2D eigenvalue weighted by Gasteiger charge is -2.34. The van der Waals surface area contributed by atoms with E-state index in [1.54, 1.807) is 6.92 Å². The summed E-state index contributed by atoms with van der Waals surface area (Å²) < 4.78 is 2.82. The molecule has 36 heavy (non-hydrogen) atoms. The summed E-state index contributed by atoms with van der Waals surface area (Å²) in [5.74, 6) is 1.43. The molecule has 1 N–H and O–H groups in total. The van der Waals surface area contributed by atoms with E-state index in [0.717, 1.165) is 38.5 Å². The number of para-hydroxylation sites is 1. The van der Waals surface area contributed by atoms with Crippen LogP contribution in [0, 0.1) is 0 Å². The van der Waals surface area contributed by atoms with Crippen LogP contribution in [0.3, 0.4) is 0 Å². The maximum Gasteiger partial charge on any atom is 0.228 e. The van der Waals surface area contributed by atoms with Crippen LogP contribution in [-0.4, -0.2) is 61.7 Å². The quantitative estimate of drug-likeness (QED) is 0.363. The molecule has 1 unspecified atom stereocenters. The van der Waals surface area contributed by atoms with E-state index in [0.29, 0.717) is 37.9 Å². The standard InChI is InChI=1S/C26H31BrN8O/c1-5-16(2)35-24(27)22-23(32-35)25(31-26(30-22)34-12-10-33(11-13-34)18(4)36)29-17(3)20-14-19-8-6-7-9-21(19)28-15-20/h6-9,14-17H,5,10-13H2,1-4H3,(H,29,30,31)/t16?,17-/m1/s1. The van der Waals surface area contributed by atoms with Gasteiger partial charge in [-0.3, -0.25) is 14.5 Å². The fourth-order valence-corrected chi connectivity index (χ4v) is 5.19. The van der Waals surface area contributed by atoms with Gasteiger partial charge in [-0.25, -0.2) is 4.98 Å². The number of carbonyl (C=O) groups is 1. The minimum absolute atomic E-state index is 0.0462. The lowest BCUT2D eigenvalue weighted by Crippen LogP contribution is -2.48. The summed E-state index contributed by atoms with van der Waals surface area (Å²) >= 11 is 3.75. The average Bonchev–Trinajstić information content (AvgIpc) is 3.24. The predicted octanol–water partition coefficient (Wildman–Crippen LogP) is 4.95. The number of nitrogens with zero attached hydrogens (tertiary/aromatic N) is 7. The fourth-order valence-electron chi connectivity index (χ4n) is 4.48. The van der Waals surface area contributed by atoms with Crippen LogP contribution in [0.15, 0.2) is 41.1 Å². The first-order valence-electron chi connectivity index (χ1n) is 12.4. The molecule has 1 aromatic carbocycles. The van der Waals surface area contributed by atoms with Gasteiger partial charge in [-0.05, 0) is 53.9 Å². The minimum Gasteiger partial charge on any atom is -0.361 e. The zero-order chi connectivity index (χ0) is 25.4. The number of carbonyl (C=O) groups excluding carboxylic acids is 1. The highest BCUT2D eigenvalue weighted by Crippen LogP contribution is 2.33. The Labute approximate surface area is 219 Å². The number of piperazine rings is 1. The minimum atomic E-state index is -0.0462. The number of hydrogen-bond acceptors (Lipinski definition) is 7. The molecule has 1 saturated heterocycles. The van der Waals surface area contributed by atoms with Crippen LogP contribution >= 0.6 is 15.9 Å². The molecule has 4 aromatic rings. The molecule has 0 aliphatic carbocycles. The molecule has 1 aliphatic heterocycles. The van der Waals surface area contributed by atoms with Gasteiger partial charge in [0.25, 0.3) is 0 Å². The Morgan fingerprint density at radius 1 is 1.11 bits per heavy atom. The summed E-state index contributed by atoms with van der Waals surface area (Å²) in [7, 11) is 0. The van der Waals surface area contributed by atoms with Crippen molar-refractivity contribution in [1.82, 2.24) is 29.6 Å². The molecule has 9 nitrogen and oxygen atoms in total. The van der Waals surface area contributed by atoms with Gasteiger partial charge in [0.15, 0.2) is 11.3 Å². The van der Waals surface area contributed by atoms with Crippen LogP contribution in [0.4, 0.5) is 11.8 Å². The Morgan fingerprint density at radius 3 is 2.58 bits per heavy atom. The van der Waals surface area contributed by atoms with Crippen molar-refractivity contribution in [2.45, 2.75) is 46.2 Å². The largest absolute Gasteiger partial charge is 0.361 e. The Morgan fingerprint density at radius 2 is 1.86 bits per heavy atom. The Balaban J connectivity index is 1.53. The van der Waals surface area contributed by atoms with Crippen LogP contribution in [0.1, 0.15) is 51.8 Å². The van der Waals surface area contributed by atoms with Crippen molar-refractivity contribution in [1.29, 1.82) is 0 Å². The molecule has 0 spiro atoms. The van der Waals surface area contributed by atoms with Gasteiger partial charge < -0.3 is 15.1 Å². The average molecular weight is 551 g/mol. The maximum atomic E-state index is 11.8. The second kappa shape index (κ2) is 10.0. The summed E-state index contributed by atoms with van der Waals surface area (Å²) in [6, 6.07) is 10.4. The number of aromatic nitrogens is 5. The molecule has 188 valence electrons. The summed E-state index contributed by atoms with van der Waals surface area (Å²) in [5.41, 5.74) is 3.55. The van der Waals surface area contributed by atoms with Crippen molar-refractivity contribution in [3.05, 3.63) is 46.7 Å². The van der Waals surface area contributed by atoms with Crippen molar-refractivity contribution in [2.24, 2.45) is 0 Å². The molecule has 10 heteroatoms. The summed E-state index contributed by atoms with van der Waals surface area (Å²) in [4.78, 5) is 30.3. The van der Waals surface area contributed by atoms with Gasteiger partial charge >= 0.3 is 0 Å². The number of fused-ring (bicyclic) bond motifs is 2. The maximum absolute atomic E-state index is 11.8. The molecule has 5 rings (SSSR count). The van der Waals surface area contributed by atoms with E-state index in [9.17, 15) is 4.79 Å². The van der Waals surface area contributed by atoms with Crippen LogP contribution in [0.5, 0.6) is 0 Å². The third kappa shape index (κ3) is 4.61. The first kappa shape index (κ1) is 24.4. The first-order chi connectivity index (χ1) is 17.4. The van der Waals surface area contributed by atoms with Gasteiger partial charge in [0, 0.05) is 44.7 Å². The molecule has 2 atom stereocenters. The van der Waals surface area contributed by atoms with Gasteiger partial charge in [0.05, 0.1) is 17.6 Å². The Hall–Kier alpha value is -3.27. The number of halogens is 1. The Bertz CT molecular complexity index is 1410. The normalized spacial score (nSPS) is 15.9. The number of nitrogens with one attached hydrogen (secondary N) is 1. The number of amides is 1. The molecule has 1 amide bonds. The van der Waals surface area contributed by atoms with Crippen molar-refractivity contribution in [2.75, 3.05) is 36.4 Å². The van der Waals surface area contributed by atoms with Crippen molar-refractivity contribution >= 4 is 55.5 Å². The molecule has 0 bridgehead atoms. The highest BCUT2D eigenvalue weighted by molar-refractivity contribution is 9.10. The SMILES string of the molecule is CCC(C)n1nc2c(N[C@H](C)c3cnc4ccccc4c3)nc(N3CCN(C(C)=O)CC3)nc2c1Br. The smallest absolute Gasteiger partial charge is 0.228 e. The van der Waals surface area contributed by atoms with Gasteiger partial charge in [0.1, 0.15) is 10.1 Å². The summed E-state index contributed by atoms with van der Waals surface area (Å²) in [5, 5.41) is 9.59. The molecule has 3 aromatic heterocycles. The highest BCUT2D eigenvalue weighted by atomic mass is 79.9. The molecule has 0 radical (unpaired) electrons. The van der Waals surface area contributed by atoms with Crippen LogP contribution in [0.2, 0.25) is 0 Å². The summed E-state index contributed by atoms with van der Waals surface area (Å²) in [6.07, 6.45) is 2.86. The van der Waals surface area contributed by atoms with E-state index in [4.69, 9.17) is 15.1 Å². The van der Waals surface area contributed by atoms with E-state index in [2.05, 4.69) is 64.0 Å². The van der Waals surface area contributed by atoms with Gasteiger partial charge in [-0.1, -0.05) is 25.1 Å². The molecule has 0 saturated carbocycles. The van der Waals surface area contributed by atoms with E-state index in [1.165, 1.54) is 0 Å². The monoisotopic (exact) mass is 550 g/mol. The van der Waals surface area contributed by atoms with Crippen LogP contribution < -0.4 is 10.2 Å². The zero-order valence-electron chi connectivity index (χ0n) is 21.1. The molecule has 1 aliphatic rings. The van der Waals surface area contributed by atoms with Gasteiger partial charge in [0.2, 0.25) is 11.9 Å². The van der Waals surface area contributed by atoms with Crippen molar-refractivity contribution in [3.63, 3.8) is 0 Å². The van der Waals surface area contributed by atoms with E-state index >= 15 is 0 Å². The topological polar surface area (TPSA) is 92.1 Å². The fraction of sp³-hybridized carbons (Fsp3) is 0.423. The second-order valence-corrected chi connectivity index (χ2v) is 10.1. The Kier molecular flexibility index (Phi) is 6.79. The number of anilines is 2. The van der Waals surface area contributed by atoms with Crippen LogP contribution in [-0.2, 0) is 4.79 Å². The third-order valence-electron chi connectivity index (χ3n) is 6.96. The van der Waals surface area contributed by atoms with Gasteiger partial charge in [-0.15, -0.1) is 0 Å². The van der Waals surface area contributed by atoms with Crippen molar-refractivity contribution < 1.29 is 4.79 Å². The van der Waals surface area contributed by atoms with Crippen molar-refractivity contribution in [3.8, 4) is 0 Å². The number of benzene rings is 1. The second-order valence-electron chi connectivity index (χ2n) is 9.38. The highest BCUT2D eigenvalue weighted by Gasteiger charge is 2.25. The lowest BCUT2D eigenvalue weighted by atomic mass is 10.1. The molecular formula is C26H31BrN8O.